The minimum absolute atomic E-state index is 0.111. The van der Waals surface area contributed by atoms with Gasteiger partial charge in [-0.25, -0.2) is 0 Å². The lowest BCUT2D eigenvalue weighted by molar-refractivity contribution is -0.128. The van der Waals surface area contributed by atoms with E-state index in [-0.39, 0.29) is 5.91 Å². The van der Waals surface area contributed by atoms with Gasteiger partial charge in [-0.2, -0.15) is 0 Å². The first kappa shape index (κ1) is 33.3. The van der Waals surface area contributed by atoms with Crippen molar-refractivity contribution in [3.8, 4) is 0 Å². The summed E-state index contributed by atoms with van der Waals surface area (Å²) in [6.45, 7) is 3.34. The lowest BCUT2D eigenvalue weighted by atomic mass is 10.1. The maximum Gasteiger partial charge on any atom is 0.293 e. The van der Waals surface area contributed by atoms with Crippen molar-refractivity contribution in [2.45, 2.75) is 61.7 Å². The summed E-state index contributed by atoms with van der Waals surface area (Å²) >= 11 is 1.52. The standard InChI is InChI=1S/C23H22N4OS.C10H20O2/c1-25-21-15-17(29-22-9-4-3-8-19(22)23(28)26-2)11-12-18(21)20(24)13-10-16-7-5-6-14-27-16;1-2-3-4-5-6-7-8-9-12-10-11/h3-15,24-25H,1-2H3,(H,26,28);10H,2-9H2,1H3/b13-10+,24-20?;. The Morgan fingerprint density at radius 3 is 2.37 bits per heavy atom. The number of hydrogen-bond acceptors (Lipinski definition) is 7. The van der Waals surface area contributed by atoms with Crippen LogP contribution >= 0.6 is 11.8 Å². The number of carbonyl (C=O) groups excluding carboxylic acids is 2. The zero-order valence-electron chi connectivity index (χ0n) is 24.3. The molecule has 0 aliphatic rings. The highest BCUT2D eigenvalue weighted by Crippen LogP contribution is 2.33. The molecular formula is C33H42N4O3S. The fourth-order valence-electron chi connectivity index (χ4n) is 3.96. The van der Waals surface area contributed by atoms with Crippen molar-refractivity contribution in [2.24, 2.45) is 0 Å². The van der Waals surface area contributed by atoms with Crippen LogP contribution in [0.3, 0.4) is 0 Å². The first-order chi connectivity index (χ1) is 20.0. The molecule has 8 heteroatoms. The Hall–Kier alpha value is -3.91. The zero-order valence-corrected chi connectivity index (χ0v) is 25.1. The summed E-state index contributed by atoms with van der Waals surface area (Å²) in [7, 11) is 3.46. The lowest BCUT2D eigenvalue weighted by Crippen LogP contribution is -2.18. The van der Waals surface area contributed by atoms with Crippen molar-refractivity contribution in [2.75, 3.05) is 26.0 Å². The molecule has 1 aromatic heterocycles. The van der Waals surface area contributed by atoms with Crippen LogP contribution in [0.25, 0.3) is 6.08 Å². The summed E-state index contributed by atoms with van der Waals surface area (Å²) in [5, 5.41) is 14.3. The molecule has 1 heterocycles. The summed E-state index contributed by atoms with van der Waals surface area (Å²) in [6.07, 6.45) is 14.1. The molecule has 0 radical (unpaired) electrons. The first-order valence-corrected chi connectivity index (χ1v) is 14.9. The van der Waals surface area contributed by atoms with E-state index >= 15 is 0 Å². The van der Waals surface area contributed by atoms with Gasteiger partial charge in [0.25, 0.3) is 12.4 Å². The van der Waals surface area contributed by atoms with Gasteiger partial charge < -0.3 is 20.8 Å². The van der Waals surface area contributed by atoms with Crippen molar-refractivity contribution in [3.63, 3.8) is 0 Å². The van der Waals surface area contributed by atoms with Crippen molar-refractivity contribution in [3.05, 3.63) is 89.8 Å². The van der Waals surface area contributed by atoms with Crippen LogP contribution in [0.5, 0.6) is 0 Å². The molecule has 0 atom stereocenters. The summed E-state index contributed by atoms with van der Waals surface area (Å²) in [4.78, 5) is 28.0. The average molecular weight is 575 g/mol. The SMILES string of the molecule is CCCCCCCCCOC=O.CNC(=O)c1ccccc1Sc1ccc(C(=N)/C=C/c2ccccn2)c(NC)c1. The Morgan fingerprint density at radius 1 is 0.951 bits per heavy atom. The molecule has 2 aromatic carbocycles. The van der Waals surface area contributed by atoms with Gasteiger partial charge in [0.05, 0.1) is 23.6 Å². The van der Waals surface area contributed by atoms with Gasteiger partial charge in [-0.15, -0.1) is 0 Å². The fraction of sp³-hybridized carbons (Fsp3) is 0.333. The second-order valence-corrected chi connectivity index (χ2v) is 10.3. The van der Waals surface area contributed by atoms with E-state index in [4.69, 9.17) is 5.41 Å². The highest BCUT2D eigenvalue weighted by molar-refractivity contribution is 7.99. The molecule has 0 spiro atoms. The average Bonchev–Trinajstić information content (AvgIpc) is 3.02. The molecule has 7 nitrogen and oxygen atoms in total. The largest absolute Gasteiger partial charge is 0.468 e. The molecule has 0 fully saturated rings. The lowest BCUT2D eigenvalue weighted by Gasteiger charge is -2.12. The van der Waals surface area contributed by atoms with Crippen molar-refractivity contribution in [1.29, 1.82) is 5.41 Å². The predicted octanol–water partition coefficient (Wildman–Crippen LogP) is 7.63. The number of rotatable bonds is 16. The highest BCUT2D eigenvalue weighted by Gasteiger charge is 2.12. The number of allylic oxidation sites excluding steroid dienone is 1. The molecule has 3 aromatic rings. The van der Waals surface area contributed by atoms with Crippen LogP contribution in [0.4, 0.5) is 5.69 Å². The molecule has 3 rings (SSSR count). The van der Waals surface area contributed by atoms with E-state index in [9.17, 15) is 9.59 Å². The van der Waals surface area contributed by atoms with Crippen LogP contribution in [0.2, 0.25) is 0 Å². The fourth-order valence-corrected chi connectivity index (χ4v) is 4.94. The molecule has 218 valence electrons. The second-order valence-electron chi connectivity index (χ2n) is 9.22. The molecule has 0 saturated heterocycles. The van der Waals surface area contributed by atoms with Crippen LogP contribution in [-0.4, -0.2) is 43.8 Å². The number of carbonyl (C=O) groups is 2. The quantitative estimate of drug-likeness (QED) is 0.0923. The second kappa shape index (κ2) is 20.0. The Morgan fingerprint density at radius 2 is 1.68 bits per heavy atom. The molecule has 41 heavy (non-hydrogen) atoms. The van der Waals surface area contributed by atoms with Crippen molar-refractivity contribution < 1.29 is 14.3 Å². The highest BCUT2D eigenvalue weighted by atomic mass is 32.2. The predicted molar refractivity (Wildman–Crippen MR) is 170 cm³/mol. The number of aromatic nitrogens is 1. The first-order valence-electron chi connectivity index (χ1n) is 14.1. The van der Waals surface area contributed by atoms with E-state index < -0.39 is 0 Å². The topological polar surface area (TPSA) is 104 Å². The van der Waals surface area contributed by atoms with Crippen LogP contribution in [0, 0.1) is 5.41 Å². The van der Waals surface area contributed by atoms with Gasteiger partial charge in [0.15, 0.2) is 0 Å². The van der Waals surface area contributed by atoms with Gasteiger partial charge in [0, 0.05) is 41.3 Å². The number of ether oxygens (including phenoxy) is 1. The van der Waals surface area contributed by atoms with Crippen molar-refractivity contribution in [1.82, 2.24) is 10.3 Å². The Labute approximate surface area is 248 Å². The summed E-state index contributed by atoms with van der Waals surface area (Å²) in [5.41, 5.74) is 3.48. The number of hydrogen-bond donors (Lipinski definition) is 3. The maximum absolute atomic E-state index is 12.1. The maximum atomic E-state index is 12.1. The van der Waals surface area contributed by atoms with Gasteiger partial charge in [0.2, 0.25) is 0 Å². The van der Waals surface area contributed by atoms with E-state index in [1.54, 1.807) is 19.3 Å². The van der Waals surface area contributed by atoms with E-state index in [1.807, 2.05) is 73.8 Å². The summed E-state index contributed by atoms with van der Waals surface area (Å²) in [6, 6.07) is 19.1. The molecule has 1 amide bonds. The van der Waals surface area contributed by atoms with Gasteiger partial charge in [-0.3, -0.25) is 14.6 Å². The summed E-state index contributed by atoms with van der Waals surface area (Å²) < 4.78 is 4.58. The molecule has 0 unspecified atom stereocenters. The minimum atomic E-state index is -0.111. The van der Waals surface area contributed by atoms with Gasteiger partial charge in [-0.05, 0) is 61.0 Å². The van der Waals surface area contributed by atoms with Gasteiger partial charge in [-0.1, -0.05) is 75.4 Å². The van der Waals surface area contributed by atoms with E-state index in [0.29, 0.717) is 24.4 Å². The minimum Gasteiger partial charge on any atom is -0.468 e. The van der Waals surface area contributed by atoms with Crippen LogP contribution in [0.1, 0.15) is 73.5 Å². The van der Waals surface area contributed by atoms with E-state index in [2.05, 4.69) is 27.3 Å². The molecular weight excluding hydrogens is 532 g/mol. The van der Waals surface area contributed by atoms with Crippen molar-refractivity contribution >= 4 is 41.6 Å². The van der Waals surface area contributed by atoms with Crippen LogP contribution in [-0.2, 0) is 9.53 Å². The number of nitrogens with one attached hydrogen (secondary N) is 3. The number of anilines is 1. The molecule has 3 N–H and O–H groups in total. The smallest absolute Gasteiger partial charge is 0.293 e. The molecule has 0 bridgehead atoms. The number of amides is 1. The Balaban J connectivity index is 0.000000415. The number of pyridine rings is 1. The monoisotopic (exact) mass is 574 g/mol. The third-order valence-corrected chi connectivity index (χ3v) is 7.24. The third kappa shape index (κ3) is 12.4. The van der Waals surface area contributed by atoms with Gasteiger partial charge in [0.1, 0.15) is 0 Å². The van der Waals surface area contributed by atoms with Crippen LogP contribution in [0.15, 0.2) is 82.7 Å². The van der Waals surface area contributed by atoms with E-state index in [1.165, 1.54) is 50.3 Å². The number of unbranched alkanes of at least 4 members (excludes halogenated alkanes) is 6. The molecule has 0 aliphatic carbocycles. The summed E-state index contributed by atoms with van der Waals surface area (Å²) in [5.74, 6) is -0.111. The third-order valence-electron chi connectivity index (χ3n) is 6.18. The Kier molecular flexibility index (Phi) is 16.3. The zero-order chi connectivity index (χ0) is 29.7. The van der Waals surface area contributed by atoms with Crippen LogP contribution < -0.4 is 10.6 Å². The normalized spacial score (nSPS) is 10.4. The number of nitrogens with zero attached hydrogens (tertiary/aromatic N) is 1. The molecule has 0 saturated carbocycles. The molecule has 0 aliphatic heterocycles. The number of benzene rings is 2. The Bertz CT molecular complexity index is 1250. The van der Waals surface area contributed by atoms with Gasteiger partial charge >= 0.3 is 0 Å². The van der Waals surface area contributed by atoms with E-state index in [0.717, 1.165) is 33.2 Å².